The van der Waals surface area contributed by atoms with Crippen molar-refractivity contribution in [1.29, 1.82) is 0 Å². The summed E-state index contributed by atoms with van der Waals surface area (Å²) in [7, 11) is 0. The van der Waals surface area contributed by atoms with Gasteiger partial charge in [-0.1, -0.05) is 24.3 Å². The van der Waals surface area contributed by atoms with E-state index in [-0.39, 0.29) is 5.60 Å². The van der Waals surface area contributed by atoms with E-state index in [2.05, 4.69) is 24.3 Å². The molecule has 0 saturated heterocycles. The minimum atomic E-state index is -0.677. The molecule has 3 nitrogen and oxygen atoms in total. The van der Waals surface area contributed by atoms with E-state index in [1.165, 1.54) is 11.1 Å². The summed E-state index contributed by atoms with van der Waals surface area (Å²) in [6.07, 6.45) is 4.14. The predicted molar refractivity (Wildman–Crippen MR) is 67.1 cm³/mol. The second-order valence-corrected chi connectivity index (χ2v) is 5.48. The normalized spacial score (nSPS) is 30.3. The van der Waals surface area contributed by atoms with Gasteiger partial charge in [-0.25, -0.2) is 0 Å². The van der Waals surface area contributed by atoms with E-state index >= 15 is 0 Å². The van der Waals surface area contributed by atoms with Crippen molar-refractivity contribution in [3.05, 3.63) is 35.4 Å². The van der Waals surface area contributed by atoms with Gasteiger partial charge in [-0.2, -0.15) is 0 Å². The molecule has 1 aromatic rings. The van der Waals surface area contributed by atoms with Crippen molar-refractivity contribution in [2.45, 2.75) is 44.3 Å². The van der Waals surface area contributed by atoms with Gasteiger partial charge in [0.25, 0.3) is 0 Å². The second kappa shape index (κ2) is 4.39. The van der Waals surface area contributed by atoms with Gasteiger partial charge < -0.3 is 9.84 Å². The maximum absolute atomic E-state index is 10.7. The topological polar surface area (TPSA) is 46.5 Å². The zero-order chi connectivity index (χ0) is 12.6. The van der Waals surface area contributed by atoms with Crippen LogP contribution in [0, 0.1) is 5.92 Å². The molecule has 1 aliphatic carbocycles. The molecule has 96 valence electrons. The first-order valence-electron chi connectivity index (χ1n) is 6.64. The van der Waals surface area contributed by atoms with Crippen LogP contribution in [0.2, 0.25) is 0 Å². The van der Waals surface area contributed by atoms with Crippen LogP contribution in [0.5, 0.6) is 0 Å². The largest absolute Gasteiger partial charge is 0.481 e. The molecule has 0 radical (unpaired) electrons. The Balaban J connectivity index is 1.75. The molecule has 1 aromatic carbocycles. The fraction of sp³-hybridized carbons (Fsp3) is 0.533. The number of hydrogen-bond acceptors (Lipinski definition) is 2. The molecule has 2 aliphatic rings. The standard InChI is InChI=1S/C15H18O3/c16-14(17)9-11-5-7-15(8-6-11)13-4-2-1-3-12(13)10-18-15/h1-4,11H,5-10H2,(H,16,17). The Morgan fingerprint density at radius 1 is 1.33 bits per heavy atom. The number of carbonyl (C=O) groups is 1. The van der Waals surface area contributed by atoms with Crippen LogP contribution in [0.4, 0.5) is 0 Å². The van der Waals surface area contributed by atoms with Crippen molar-refractivity contribution >= 4 is 5.97 Å². The molecule has 1 spiro atoms. The number of benzene rings is 1. The van der Waals surface area contributed by atoms with E-state index in [0.29, 0.717) is 18.9 Å². The summed E-state index contributed by atoms with van der Waals surface area (Å²) in [4.78, 5) is 10.7. The zero-order valence-corrected chi connectivity index (χ0v) is 10.4. The van der Waals surface area contributed by atoms with Gasteiger partial charge in [0.05, 0.1) is 12.2 Å². The molecule has 0 unspecified atom stereocenters. The highest BCUT2D eigenvalue weighted by Gasteiger charge is 2.42. The van der Waals surface area contributed by atoms with Crippen molar-refractivity contribution in [2.75, 3.05) is 0 Å². The third-order valence-electron chi connectivity index (χ3n) is 4.39. The minimum absolute atomic E-state index is 0.119. The highest BCUT2D eigenvalue weighted by molar-refractivity contribution is 5.67. The molecular formula is C15H18O3. The average Bonchev–Trinajstić information content (AvgIpc) is 2.72. The first kappa shape index (κ1) is 11.7. The van der Waals surface area contributed by atoms with Gasteiger partial charge in [0, 0.05) is 6.42 Å². The second-order valence-electron chi connectivity index (χ2n) is 5.48. The highest BCUT2D eigenvalue weighted by Crippen LogP contribution is 2.48. The summed E-state index contributed by atoms with van der Waals surface area (Å²) in [6.45, 7) is 0.708. The van der Waals surface area contributed by atoms with Crippen molar-refractivity contribution in [2.24, 2.45) is 5.92 Å². The molecule has 18 heavy (non-hydrogen) atoms. The predicted octanol–water partition coefficient (Wildman–Crippen LogP) is 3.08. The maximum Gasteiger partial charge on any atom is 0.303 e. The molecular weight excluding hydrogens is 228 g/mol. The van der Waals surface area contributed by atoms with Crippen molar-refractivity contribution in [1.82, 2.24) is 0 Å². The first-order valence-corrected chi connectivity index (χ1v) is 6.64. The van der Waals surface area contributed by atoms with Gasteiger partial charge in [-0.15, -0.1) is 0 Å². The van der Waals surface area contributed by atoms with Gasteiger partial charge >= 0.3 is 5.97 Å². The Morgan fingerprint density at radius 3 is 2.78 bits per heavy atom. The third kappa shape index (κ3) is 1.93. The first-order chi connectivity index (χ1) is 8.70. The lowest BCUT2D eigenvalue weighted by Crippen LogP contribution is -2.31. The van der Waals surface area contributed by atoms with Gasteiger partial charge in [-0.3, -0.25) is 4.79 Å². The summed E-state index contributed by atoms with van der Waals surface area (Å²) in [6, 6.07) is 8.42. The summed E-state index contributed by atoms with van der Waals surface area (Å²) in [5, 5.41) is 8.85. The Hall–Kier alpha value is -1.35. The fourth-order valence-corrected chi connectivity index (χ4v) is 3.39. The van der Waals surface area contributed by atoms with E-state index in [9.17, 15) is 4.79 Å². The third-order valence-corrected chi connectivity index (χ3v) is 4.39. The molecule has 3 heteroatoms. The van der Waals surface area contributed by atoms with Gasteiger partial charge in [-0.05, 0) is 42.7 Å². The molecule has 0 atom stereocenters. The van der Waals surface area contributed by atoms with Crippen LogP contribution in [-0.2, 0) is 21.7 Å². The van der Waals surface area contributed by atoms with E-state index in [1.807, 2.05) is 0 Å². The summed E-state index contributed by atoms with van der Waals surface area (Å²) in [5.74, 6) is -0.354. The SMILES string of the molecule is O=C(O)CC1CCC2(CC1)OCc1ccccc12. The molecule has 1 saturated carbocycles. The number of fused-ring (bicyclic) bond motifs is 2. The van der Waals surface area contributed by atoms with E-state index < -0.39 is 5.97 Å². The van der Waals surface area contributed by atoms with Crippen LogP contribution in [0.3, 0.4) is 0 Å². The summed E-state index contributed by atoms with van der Waals surface area (Å²) in [5.41, 5.74) is 2.51. The van der Waals surface area contributed by atoms with E-state index in [4.69, 9.17) is 9.84 Å². The maximum atomic E-state index is 10.7. The number of aliphatic carboxylic acids is 1. The number of hydrogen-bond donors (Lipinski definition) is 1. The monoisotopic (exact) mass is 246 g/mol. The molecule has 1 aliphatic heterocycles. The lowest BCUT2D eigenvalue weighted by molar-refractivity contribution is -0.139. The van der Waals surface area contributed by atoms with Gasteiger partial charge in [0.2, 0.25) is 0 Å². The molecule has 1 heterocycles. The average molecular weight is 246 g/mol. The summed E-state index contributed by atoms with van der Waals surface area (Å²) < 4.78 is 6.06. The summed E-state index contributed by atoms with van der Waals surface area (Å²) >= 11 is 0. The van der Waals surface area contributed by atoms with Crippen molar-refractivity contribution in [3.63, 3.8) is 0 Å². The number of rotatable bonds is 2. The van der Waals surface area contributed by atoms with Crippen molar-refractivity contribution in [3.8, 4) is 0 Å². The minimum Gasteiger partial charge on any atom is -0.481 e. The Bertz CT molecular complexity index is 459. The molecule has 0 aromatic heterocycles. The van der Waals surface area contributed by atoms with E-state index in [0.717, 1.165) is 25.7 Å². The Labute approximate surface area is 107 Å². The van der Waals surface area contributed by atoms with Crippen LogP contribution in [0.1, 0.15) is 43.2 Å². The van der Waals surface area contributed by atoms with Crippen LogP contribution in [0.25, 0.3) is 0 Å². The highest BCUT2D eigenvalue weighted by atomic mass is 16.5. The quantitative estimate of drug-likeness (QED) is 0.872. The van der Waals surface area contributed by atoms with Gasteiger partial charge in [0.1, 0.15) is 0 Å². The Morgan fingerprint density at radius 2 is 2.06 bits per heavy atom. The lowest BCUT2D eigenvalue weighted by atomic mass is 9.74. The molecule has 0 bridgehead atoms. The zero-order valence-electron chi connectivity index (χ0n) is 10.4. The van der Waals surface area contributed by atoms with Crippen LogP contribution >= 0.6 is 0 Å². The number of carboxylic acids is 1. The van der Waals surface area contributed by atoms with Crippen molar-refractivity contribution < 1.29 is 14.6 Å². The van der Waals surface area contributed by atoms with Gasteiger partial charge in [0.15, 0.2) is 0 Å². The molecule has 0 amide bonds. The lowest BCUT2D eigenvalue weighted by Gasteiger charge is -2.36. The Kier molecular flexibility index (Phi) is 2.86. The number of carboxylic acid groups (broad SMARTS) is 1. The van der Waals surface area contributed by atoms with Crippen LogP contribution in [0.15, 0.2) is 24.3 Å². The van der Waals surface area contributed by atoms with E-state index in [1.54, 1.807) is 0 Å². The molecule has 3 rings (SSSR count). The molecule has 1 fully saturated rings. The van der Waals surface area contributed by atoms with Crippen LogP contribution in [-0.4, -0.2) is 11.1 Å². The fourth-order valence-electron chi connectivity index (χ4n) is 3.39. The van der Waals surface area contributed by atoms with Crippen LogP contribution < -0.4 is 0 Å². The molecule has 1 N–H and O–H groups in total. The number of ether oxygens (including phenoxy) is 1. The smallest absolute Gasteiger partial charge is 0.303 e.